The molecule has 1 saturated heterocycles. The molecule has 1 aliphatic heterocycles. The summed E-state index contributed by atoms with van der Waals surface area (Å²) in [6.07, 6.45) is -0.474. The number of amides is 2. The first-order valence-electron chi connectivity index (χ1n) is 7.79. The fraction of sp³-hybridized carbons (Fsp3) is 0.438. The van der Waals surface area contributed by atoms with Gasteiger partial charge in [0.05, 0.1) is 23.6 Å². The molecule has 0 saturated carbocycles. The lowest BCUT2D eigenvalue weighted by atomic mass is 10.2. The van der Waals surface area contributed by atoms with Crippen LogP contribution < -0.4 is 10.1 Å². The molecule has 1 aromatic carbocycles. The zero-order valence-corrected chi connectivity index (χ0v) is 13.9. The molecule has 1 aliphatic rings. The normalized spacial score (nSPS) is 14.3. The maximum absolute atomic E-state index is 12.2. The van der Waals surface area contributed by atoms with Crippen LogP contribution in [0.25, 0.3) is 10.9 Å². The third-order valence-corrected chi connectivity index (χ3v) is 3.64. The SMILES string of the molecule is CC(C)Oc1cccc2c1c(NC(=O)CN1CCOC1=O)nn2C. The molecule has 0 radical (unpaired) electrons. The van der Waals surface area contributed by atoms with Gasteiger partial charge in [-0.2, -0.15) is 5.10 Å². The van der Waals surface area contributed by atoms with Gasteiger partial charge in [-0.05, 0) is 26.0 Å². The number of hydrogen-bond donors (Lipinski definition) is 1. The monoisotopic (exact) mass is 332 g/mol. The van der Waals surface area contributed by atoms with Crippen molar-refractivity contribution in [1.82, 2.24) is 14.7 Å². The summed E-state index contributed by atoms with van der Waals surface area (Å²) in [5.41, 5.74) is 0.851. The van der Waals surface area contributed by atoms with Crippen molar-refractivity contribution in [3.05, 3.63) is 18.2 Å². The van der Waals surface area contributed by atoms with E-state index in [0.29, 0.717) is 24.7 Å². The number of aromatic nitrogens is 2. The Morgan fingerprint density at radius 3 is 2.92 bits per heavy atom. The van der Waals surface area contributed by atoms with E-state index in [0.717, 1.165) is 10.9 Å². The van der Waals surface area contributed by atoms with Crippen LogP contribution in [0.5, 0.6) is 5.75 Å². The van der Waals surface area contributed by atoms with E-state index in [1.165, 1.54) is 4.90 Å². The molecule has 0 bridgehead atoms. The Morgan fingerprint density at radius 2 is 2.25 bits per heavy atom. The second-order valence-electron chi connectivity index (χ2n) is 5.87. The first kappa shape index (κ1) is 16.1. The Hall–Kier alpha value is -2.77. The van der Waals surface area contributed by atoms with Gasteiger partial charge in [0.15, 0.2) is 5.82 Å². The second kappa shape index (κ2) is 6.38. The van der Waals surface area contributed by atoms with E-state index in [1.807, 2.05) is 32.0 Å². The quantitative estimate of drug-likeness (QED) is 0.901. The predicted molar refractivity (Wildman–Crippen MR) is 88.0 cm³/mol. The largest absolute Gasteiger partial charge is 0.490 e. The van der Waals surface area contributed by atoms with Gasteiger partial charge in [-0.3, -0.25) is 14.4 Å². The number of anilines is 1. The molecule has 3 rings (SSSR count). The number of fused-ring (bicyclic) bond motifs is 1. The van der Waals surface area contributed by atoms with Crippen LogP contribution in [0.2, 0.25) is 0 Å². The van der Waals surface area contributed by atoms with Crippen LogP contribution in [0.1, 0.15) is 13.8 Å². The van der Waals surface area contributed by atoms with Crippen molar-refractivity contribution >= 4 is 28.7 Å². The van der Waals surface area contributed by atoms with Crippen LogP contribution in [-0.2, 0) is 16.6 Å². The van der Waals surface area contributed by atoms with E-state index in [9.17, 15) is 9.59 Å². The highest BCUT2D eigenvalue weighted by Crippen LogP contribution is 2.32. The van der Waals surface area contributed by atoms with Crippen molar-refractivity contribution in [2.75, 3.05) is 25.0 Å². The molecule has 0 atom stereocenters. The standard InChI is InChI=1S/C16H20N4O4/c1-10(2)24-12-6-4-5-11-14(12)15(18-19(11)3)17-13(21)9-20-7-8-23-16(20)22/h4-6,10H,7-9H2,1-3H3,(H,17,18,21). The third-order valence-electron chi connectivity index (χ3n) is 3.64. The number of carbonyl (C=O) groups is 2. The molecule has 128 valence electrons. The molecular weight excluding hydrogens is 312 g/mol. The number of aryl methyl sites for hydroxylation is 1. The summed E-state index contributed by atoms with van der Waals surface area (Å²) < 4.78 is 12.3. The number of hydrogen-bond acceptors (Lipinski definition) is 5. The lowest BCUT2D eigenvalue weighted by molar-refractivity contribution is -0.116. The first-order chi connectivity index (χ1) is 11.5. The van der Waals surface area contributed by atoms with Crippen molar-refractivity contribution in [3.8, 4) is 5.75 Å². The molecule has 2 heterocycles. The number of carbonyl (C=O) groups excluding carboxylic acids is 2. The third kappa shape index (κ3) is 3.12. The highest BCUT2D eigenvalue weighted by atomic mass is 16.6. The lowest BCUT2D eigenvalue weighted by Gasteiger charge is -2.13. The minimum atomic E-state index is -0.472. The highest BCUT2D eigenvalue weighted by molar-refractivity contribution is 6.03. The van der Waals surface area contributed by atoms with Gasteiger partial charge in [0.25, 0.3) is 0 Å². The average Bonchev–Trinajstić information content (AvgIpc) is 3.04. The zero-order valence-electron chi connectivity index (χ0n) is 13.9. The van der Waals surface area contributed by atoms with E-state index in [2.05, 4.69) is 10.4 Å². The fourth-order valence-corrected chi connectivity index (χ4v) is 2.64. The number of nitrogens with one attached hydrogen (secondary N) is 1. The molecule has 0 spiro atoms. The molecule has 0 unspecified atom stereocenters. The summed E-state index contributed by atoms with van der Waals surface area (Å²) in [5.74, 6) is 0.751. The van der Waals surface area contributed by atoms with Gasteiger partial charge in [0, 0.05) is 7.05 Å². The molecule has 8 nitrogen and oxygen atoms in total. The van der Waals surface area contributed by atoms with Crippen LogP contribution >= 0.6 is 0 Å². The summed E-state index contributed by atoms with van der Waals surface area (Å²) in [4.78, 5) is 25.0. The highest BCUT2D eigenvalue weighted by Gasteiger charge is 2.25. The van der Waals surface area contributed by atoms with Gasteiger partial charge in [0.2, 0.25) is 5.91 Å². The Kier molecular flexibility index (Phi) is 4.28. The van der Waals surface area contributed by atoms with Gasteiger partial charge in [0.1, 0.15) is 18.9 Å². The zero-order chi connectivity index (χ0) is 17.3. The smallest absolute Gasteiger partial charge is 0.410 e. The van der Waals surface area contributed by atoms with Crippen LogP contribution in [-0.4, -0.2) is 52.5 Å². The minimum Gasteiger partial charge on any atom is -0.490 e. The molecule has 1 aromatic heterocycles. The number of rotatable bonds is 5. The molecule has 2 aromatic rings. The summed E-state index contributed by atoms with van der Waals surface area (Å²) in [7, 11) is 1.80. The Balaban J connectivity index is 1.86. The van der Waals surface area contributed by atoms with E-state index in [1.54, 1.807) is 11.7 Å². The molecule has 1 N–H and O–H groups in total. The van der Waals surface area contributed by atoms with Crippen LogP contribution in [0.15, 0.2) is 18.2 Å². The predicted octanol–water partition coefficient (Wildman–Crippen LogP) is 1.75. The van der Waals surface area contributed by atoms with Crippen LogP contribution in [0, 0.1) is 0 Å². The molecule has 1 fully saturated rings. The number of nitrogens with zero attached hydrogens (tertiary/aromatic N) is 3. The van der Waals surface area contributed by atoms with Crippen molar-refractivity contribution < 1.29 is 19.1 Å². The van der Waals surface area contributed by atoms with Gasteiger partial charge >= 0.3 is 6.09 Å². The van der Waals surface area contributed by atoms with Crippen LogP contribution in [0.4, 0.5) is 10.6 Å². The van der Waals surface area contributed by atoms with Crippen molar-refractivity contribution in [2.24, 2.45) is 7.05 Å². The Bertz CT molecular complexity index is 784. The van der Waals surface area contributed by atoms with Crippen molar-refractivity contribution in [1.29, 1.82) is 0 Å². The van der Waals surface area contributed by atoms with Gasteiger partial charge < -0.3 is 14.8 Å². The molecule has 2 amide bonds. The maximum Gasteiger partial charge on any atom is 0.410 e. The maximum atomic E-state index is 12.2. The van der Waals surface area contributed by atoms with Gasteiger partial charge in [-0.15, -0.1) is 0 Å². The molecule has 0 aliphatic carbocycles. The Morgan fingerprint density at radius 1 is 1.46 bits per heavy atom. The van der Waals surface area contributed by atoms with E-state index in [4.69, 9.17) is 9.47 Å². The van der Waals surface area contributed by atoms with E-state index >= 15 is 0 Å². The number of cyclic esters (lactones) is 1. The number of benzene rings is 1. The van der Waals surface area contributed by atoms with Gasteiger partial charge in [-0.1, -0.05) is 6.07 Å². The van der Waals surface area contributed by atoms with E-state index < -0.39 is 6.09 Å². The summed E-state index contributed by atoms with van der Waals surface area (Å²) in [5, 5.41) is 7.87. The molecular formula is C16H20N4O4. The second-order valence-corrected chi connectivity index (χ2v) is 5.87. The van der Waals surface area contributed by atoms with Gasteiger partial charge in [-0.25, -0.2) is 4.79 Å². The Labute approximate surface area is 139 Å². The van der Waals surface area contributed by atoms with Crippen LogP contribution in [0.3, 0.4) is 0 Å². The van der Waals surface area contributed by atoms with Crippen molar-refractivity contribution in [3.63, 3.8) is 0 Å². The van der Waals surface area contributed by atoms with E-state index in [-0.39, 0.29) is 18.6 Å². The average molecular weight is 332 g/mol. The topological polar surface area (TPSA) is 85.7 Å². The lowest BCUT2D eigenvalue weighted by Crippen LogP contribution is -2.33. The summed E-state index contributed by atoms with van der Waals surface area (Å²) >= 11 is 0. The minimum absolute atomic E-state index is 0.00118. The summed E-state index contributed by atoms with van der Waals surface area (Å²) in [6.45, 7) is 4.53. The molecule has 24 heavy (non-hydrogen) atoms. The first-order valence-corrected chi connectivity index (χ1v) is 7.79. The summed E-state index contributed by atoms with van der Waals surface area (Å²) in [6, 6.07) is 5.63. The van der Waals surface area contributed by atoms with Crippen molar-refractivity contribution in [2.45, 2.75) is 20.0 Å². The fourth-order valence-electron chi connectivity index (χ4n) is 2.64. The molecule has 8 heteroatoms. The number of ether oxygens (including phenoxy) is 2.